The second-order valence-corrected chi connectivity index (χ2v) is 5.83. The number of thiazole rings is 1. The standard InChI is InChI=1S/C15H8BrF2NS/c16-10-5-2-1-4-9(10)13-8-20-15(19-13)14-11(17)6-3-7-12(14)18/h1-8H. The van der Waals surface area contributed by atoms with E-state index in [9.17, 15) is 8.78 Å². The Balaban J connectivity index is 2.10. The van der Waals surface area contributed by atoms with Crippen LogP contribution in [0.1, 0.15) is 0 Å². The molecule has 0 amide bonds. The van der Waals surface area contributed by atoms with E-state index < -0.39 is 11.6 Å². The number of benzene rings is 2. The highest BCUT2D eigenvalue weighted by atomic mass is 79.9. The molecule has 3 aromatic rings. The van der Waals surface area contributed by atoms with Gasteiger partial charge in [0.25, 0.3) is 0 Å². The third-order valence-electron chi connectivity index (χ3n) is 2.83. The zero-order chi connectivity index (χ0) is 14.1. The lowest BCUT2D eigenvalue weighted by Crippen LogP contribution is -1.89. The third kappa shape index (κ3) is 2.39. The van der Waals surface area contributed by atoms with Crippen molar-refractivity contribution in [2.45, 2.75) is 0 Å². The Hall–Kier alpha value is -1.59. The van der Waals surface area contributed by atoms with Crippen molar-refractivity contribution in [3.63, 3.8) is 0 Å². The largest absolute Gasteiger partial charge is 0.236 e. The van der Waals surface area contributed by atoms with Gasteiger partial charge in [-0.15, -0.1) is 11.3 Å². The number of nitrogens with zero attached hydrogens (tertiary/aromatic N) is 1. The normalized spacial score (nSPS) is 10.8. The summed E-state index contributed by atoms with van der Waals surface area (Å²) in [6.45, 7) is 0. The molecule has 5 heteroatoms. The highest BCUT2D eigenvalue weighted by Crippen LogP contribution is 2.34. The molecule has 0 N–H and O–H groups in total. The van der Waals surface area contributed by atoms with Crippen LogP contribution in [-0.4, -0.2) is 4.98 Å². The topological polar surface area (TPSA) is 12.9 Å². The molecule has 1 nitrogen and oxygen atoms in total. The molecular formula is C15H8BrF2NS. The van der Waals surface area contributed by atoms with Gasteiger partial charge in [0.05, 0.1) is 11.3 Å². The van der Waals surface area contributed by atoms with Gasteiger partial charge in [-0.25, -0.2) is 13.8 Å². The molecule has 0 unspecified atom stereocenters. The van der Waals surface area contributed by atoms with E-state index in [1.165, 1.54) is 29.5 Å². The second-order valence-electron chi connectivity index (χ2n) is 4.11. The van der Waals surface area contributed by atoms with Crippen molar-refractivity contribution in [1.82, 2.24) is 4.98 Å². The fourth-order valence-corrected chi connectivity index (χ4v) is 3.24. The minimum absolute atomic E-state index is 0.0733. The molecule has 0 spiro atoms. The Labute approximate surface area is 127 Å². The molecule has 0 fully saturated rings. The van der Waals surface area contributed by atoms with E-state index in [1.54, 1.807) is 5.38 Å². The van der Waals surface area contributed by atoms with Crippen molar-refractivity contribution in [1.29, 1.82) is 0 Å². The van der Waals surface area contributed by atoms with Gasteiger partial charge in [-0.1, -0.05) is 40.2 Å². The van der Waals surface area contributed by atoms with Crippen LogP contribution < -0.4 is 0 Å². The Morgan fingerprint density at radius 1 is 0.950 bits per heavy atom. The average molecular weight is 352 g/mol. The van der Waals surface area contributed by atoms with E-state index in [2.05, 4.69) is 20.9 Å². The van der Waals surface area contributed by atoms with Crippen LogP contribution in [0, 0.1) is 11.6 Å². The summed E-state index contributed by atoms with van der Waals surface area (Å²) in [5.41, 5.74) is 1.52. The molecule has 0 saturated carbocycles. The van der Waals surface area contributed by atoms with E-state index in [0.29, 0.717) is 10.7 Å². The first kappa shape index (κ1) is 13.4. The van der Waals surface area contributed by atoms with Crippen LogP contribution in [0.3, 0.4) is 0 Å². The van der Waals surface area contributed by atoms with Crippen LogP contribution in [0.2, 0.25) is 0 Å². The van der Waals surface area contributed by atoms with Gasteiger partial charge in [0.2, 0.25) is 0 Å². The smallest absolute Gasteiger partial charge is 0.136 e. The lowest BCUT2D eigenvalue weighted by molar-refractivity contribution is 0.589. The lowest BCUT2D eigenvalue weighted by atomic mass is 10.2. The van der Waals surface area contributed by atoms with Crippen LogP contribution in [0.15, 0.2) is 52.3 Å². The SMILES string of the molecule is Fc1cccc(F)c1-c1nc(-c2ccccc2Br)cs1. The van der Waals surface area contributed by atoms with Gasteiger partial charge < -0.3 is 0 Å². The molecule has 0 radical (unpaired) electrons. The van der Waals surface area contributed by atoms with Crippen LogP contribution in [0.25, 0.3) is 21.8 Å². The number of halogens is 3. The van der Waals surface area contributed by atoms with E-state index in [-0.39, 0.29) is 5.56 Å². The number of aromatic nitrogens is 1. The Morgan fingerprint density at radius 3 is 2.35 bits per heavy atom. The number of rotatable bonds is 2. The van der Waals surface area contributed by atoms with Gasteiger partial charge in [-0.3, -0.25) is 0 Å². The van der Waals surface area contributed by atoms with Crippen LogP contribution in [0.5, 0.6) is 0 Å². The van der Waals surface area contributed by atoms with Gasteiger partial charge >= 0.3 is 0 Å². The fraction of sp³-hybridized carbons (Fsp3) is 0. The van der Waals surface area contributed by atoms with E-state index >= 15 is 0 Å². The zero-order valence-electron chi connectivity index (χ0n) is 10.1. The minimum Gasteiger partial charge on any atom is -0.236 e. The monoisotopic (exact) mass is 351 g/mol. The van der Waals surface area contributed by atoms with Crippen molar-refractivity contribution in [2.24, 2.45) is 0 Å². The molecule has 1 aromatic heterocycles. The van der Waals surface area contributed by atoms with Crippen LogP contribution in [-0.2, 0) is 0 Å². The summed E-state index contributed by atoms with van der Waals surface area (Å²) in [6.07, 6.45) is 0. The molecule has 3 rings (SSSR count). The molecular weight excluding hydrogens is 344 g/mol. The maximum Gasteiger partial charge on any atom is 0.136 e. The molecule has 100 valence electrons. The number of hydrogen-bond donors (Lipinski definition) is 0. The average Bonchev–Trinajstić information content (AvgIpc) is 2.88. The van der Waals surface area contributed by atoms with Crippen LogP contribution >= 0.6 is 27.3 Å². The zero-order valence-corrected chi connectivity index (χ0v) is 12.5. The predicted octanol–water partition coefficient (Wildman–Crippen LogP) is 5.52. The maximum absolute atomic E-state index is 13.7. The summed E-state index contributed by atoms with van der Waals surface area (Å²) in [5.74, 6) is -1.20. The van der Waals surface area contributed by atoms with Crippen molar-refractivity contribution < 1.29 is 8.78 Å². The van der Waals surface area contributed by atoms with Gasteiger partial charge in [0, 0.05) is 15.4 Å². The molecule has 0 bridgehead atoms. The summed E-state index contributed by atoms with van der Waals surface area (Å²) in [6, 6.07) is 11.4. The quantitative estimate of drug-likeness (QED) is 0.592. The summed E-state index contributed by atoms with van der Waals surface area (Å²) in [7, 11) is 0. The van der Waals surface area contributed by atoms with Gasteiger partial charge in [-0.2, -0.15) is 0 Å². The van der Waals surface area contributed by atoms with Gasteiger partial charge in [-0.05, 0) is 18.2 Å². The summed E-state index contributed by atoms with van der Waals surface area (Å²) < 4.78 is 28.4. The van der Waals surface area contributed by atoms with Crippen molar-refractivity contribution in [3.8, 4) is 21.8 Å². The predicted molar refractivity (Wildman–Crippen MR) is 80.6 cm³/mol. The molecule has 0 aliphatic heterocycles. The molecule has 0 atom stereocenters. The molecule has 0 saturated heterocycles. The fourth-order valence-electron chi connectivity index (χ4n) is 1.88. The molecule has 20 heavy (non-hydrogen) atoms. The first-order chi connectivity index (χ1) is 9.66. The summed E-state index contributed by atoms with van der Waals surface area (Å²) >= 11 is 4.67. The minimum atomic E-state index is -0.599. The van der Waals surface area contributed by atoms with Crippen molar-refractivity contribution in [2.75, 3.05) is 0 Å². The second kappa shape index (κ2) is 5.42. The molecule has 2 aromatic carbocycles. The molecule has 1 heterocycles. The summed E-state index contributed by atoms with van der Waals surface area (Å²) in [5, 5.41) is 2.13. The Morgan fingerprint density at radius 2 is 1.65 bits per heavy atom. The van der Waals surface area contributed by atoms with E-state index in [0.717, 1.165) is 10.0 Å². The van der Waals surface area contributed by atoms with Crippen molar-refractivity contribution in [3.05, 3.63) is 64.0 Å². The Kier molecular flexibility index (Phi) is 3.63. The maximum atomic E-state index is 13.7. The van der Waals surface area contributed by atoms with E-state index in [4.69, 9.17) is 0 Å². The van der Waals surface area contributed by atoms with Crippen LogP contribution in [0.4, 0.5) is 8.78 Å². The molecule has 0 aliphatic rings. The third-order valence-corrected chi connectivity index (χ3v) is 4.38. The van der Waals surface area contributed by atoms with Gasteiger partial charge in [0.15, 0.2) is 0 Å². The van der Waals surface area contributed by atoms with Gasteiger partial charge in [0.1, 0.15) is 16.6 Å². The first-order valence-corrected chi connectivity index (χ1v) is 7.49. The lowest BCUT2D eigenvalue weighted by Gasteiger charge is -2.01. The van der Waals surface area contributed by atoms with E-state index in [1.807, 2.05) is 24.3 Å². The highest BCUT2D eigenvalue weighted by Gasteiger charge is 2.15. The Bertz CT molecular complexity index is 750. The number of hydrogen-bond acceptors (Lipinski definition) is 2. The summed E-state index contributed by atoms with van der Waals surface area (Å²) in [4.78, 5) is 4.34. The molecule has 0 aliphatic carbocycles. The highest BCUT2D eigenvalue weighted by molar-refractivity contribution is 9.10. The van der Waals surface area contributed by atoms with Crippen molar-refractivity contribution >= 4 is 27.3 Å². The first-order valence-electron chi connectivity index (χ1n) is 5.81.